The summed E-state index contributed by atoms with van der Waals surface area (Å²) in [4.78, 5) is 26.3. The van der Waals surface area contributed by atoms with E-state index in [4.69, 9.17) is 16.3 Å². The van der Waals surface area contributed by atoms with Crippen molar-refractivity contribution in [3.8, 4) is 0 Å². The molecule has 1 saturated heterocycles. The van der Waals surface area contributed by atoms with Gasteiger partial charge in [0.1, 0.15) is 0 Å². The number of thioether (sulfide) groups is 1. The van der Waals surface area contributed by atoms with Crippen molar-refractivity contribution in [3.05, 3.63) is 29.3 Å². The van der Waals surface area contributed by atoms with E-state index < -0.39 is 0 Å². The van der Waals surface area contributed by atoms with Crippen LogP contribution in [0.2, 0.25) is 5.02 Å². The number of rotatable bonds is 4. The molecule has 21 heavy (non-hydrogen) atoms. The number of methoxy groups -OCH3 is 1. The molecule has 0 radical (unpaired) electrons. The molecule has 6 heteroatoms. The maximum Gasteiger partial charge on any atom is 0.308 e. The van der Waals surface area contributed by atoms with Gasteiger partial charge in [-0.15, -0.1) is 11.8 Å². The van der Waals surface area contributed by atoms with Gasteiger partial charge in [0, 0.05) is 18.0 Å². The Bertz CT molecular complexity index is 515. The van der Waals surface area contributed by atoms with Gasteiger partial charge in [-0.2, -0.15) is 0 Å². The van der Waals surface area contributed by atoms with Gasteiger partial charge in [0.15, 0.2) is 0 Å². The normalized spacial score (nSPS) is 15.8. The summed E-state index contributed by atoms with van der Waals surface area (Å²) in [5.74, 6) is 0.207. The Labute approximate surface area is 133 Å². The third kappa shape index (κ3) is 4.38. The summed E-state index contributed by atoms with van der Waals surface area (Å²) in [6, 6.07) is 7.49. The standard InChI is InChI=1S/C15H18ClNO3S/c1-20-15(19)11-6-8-17(9-7-11)14(18)10-21-13-5-3-2-4-12(13)16/h2-5,11H,6-10H2,1H3. The molecule has 1 aromatic carbocycles. The van der Waals surface area contributed by atoms with Crippen LogP contribution in [0.4, 0.5) is 0 Å². The number of benzene rings is 1. The molecule has 1 heterocycles. The average molecular weight is 328 g/mol. The summed E-state index contributed by atoms with van der Waals surface area (Å²) >= 11 is 7.51. The zero-order valence-corrected chi connectivity index (χ0v) is 13.5. The molecular weight excluding hydrogens is 310 g/mol. The van der Waals surface area contributed by atoms with Gasteiger partial charge < -0.3 is 9.64 Å². The summed E-state index contributed by atoms with van der Waals surface area (Å²) in [7, 11) is 1.40. The number of carbonyl (C=O) groups is 2. The van der Waals surface area contributed by atoms with Gasteiger partial charge >= 0.3 is 5.97 Å². The van der Waals surface area contributed by atoms with Crippen molar-refractivity contribution in [2.75, 3.05) is 26.0 Å². The molecule has 0 N–H and O–H groups in total. The summed E-state index contributed by atoms with van der Waals surface area (Å²) in [5, 5.41) is 0.666. The van der Waals surface area contributed by atoms with Crippen molar-refractivity contribution in [1.82, 2.24) is 4.90 Å². The molecule has 0 unspecified atom stereocenters. The van der Waals surface area contributed by atoms with Crippen LogP contribution >= 0.6 is 23.4 Å². The van der Waals surface area contributed by atoms with Gasteiger partial charge in [-0.25, -0.2) is 0 Å². The van der Waals surface area contributed by atoms with Crippen LogP contribution in [-0.4, -0.2) is 42.7 Å². The lowest BCUT2D eigenvalue weighted by Crippen LogP contribution is -2.41. The molecular formula is C15H18ClNO3S. The monoisotopic (exact) mass is 327 g/mol. The van der Waals surface area contributed by atoms with E-state index in [1.807, 2.05) is 29.2 Å². The minimum Gasteiger partial charge on any atom is -0.469 e. The highest BCUT2D eigenvalue weighted by molar-refractivity contribution is 8.00. The molecule has 0 aliphatic carbocycles. The van der Waals surface area contributed by atoms with E-state index in [2.05, 4.69) is 0 Å². The minimum atomic E-state index is -0.174. The van der Waals surface area contributed by atoms with Crippen molar-refractivity contribution in [1.29, 1.82) is 0 Å². The number of carbonyl (C=O) groups excluding carboxylic acids is 2. The molecule has 4 nitrogen and oxygen atoms in total. The van der Waals surface area contributed by atoms with Crippen LogP contribution < -0.4 is 0 Å². The van der Waals surface area contributed by atoms with Gasteiger partial charge in [-0.05, 0) is 25.0 Å². The van der Waals surface area contributed by atoms with Crippen molar-refractivity contribution in [3.63, 3.8) is 0 Å². The smallest absolute Gasteiger partial charge is 0.308 e. The van der Waals surface area contributed by atoms with Crippen molar-refractivity contribution >= 4 is 35.2 Å². The second kappa shape index (κ2) is 7.71. The molecule has 0 atom stereocenters. The van der Waals surface area contributed by atoms with E-state index in [0.29, 0.717) is 36.7 Å². The highest BCUT2D eigenvalue weighted by atomic mass is 35.5. The van der Waals surface area contributed by atoms with Crippen LogP contribution in [0.1, 0.15) is 12.8 Å². The number of likely N-dealkylation sites (tertiary alicyclic amines) is 1. The third-order valence-corrected chi connectivity index (χ3v) is 5.07. The number of hydrogen-bond donors (Lipinski definition) is 0. The first-order valence-corrected chi connectivity index (χ1v) is 8.21. The van der Waals surface area contributed by atoms with Crippen LogP contribution in [0.5, 0.6) is 0 Å². The second-order valence-electron chi connectivity index (χ2n) is 4.90. The number of esters is 1. The second-order valence-corrected chi connectivity index (χ2v) is 6.32. The predicted molar refractivity (Wildman–Crippen MR) is 83.5 cm³/mol. The van der Waals surface area contributed by atoms with E-state index >= 15 is 0 Å². The van der Waals surface area contributed by atoms with E-state index in [-0.39, 0.29) is 17.8 Å². The van der Waals surface area contributed by atoms with E-state index in [0.717, 1.165) is 4.90 Å². The Balaban J connectivity index is 1.80. The number of halogens is 1. The molecule has 114 valence electrons. The van der Waals surface area contributed by atoms with Crippen LogP contribution in [0.3, 0.4) is 0 Å². The van der Waals surface area contributed by atoms with Gasteiger partial charge in [-0.3, -0.25) is 9.59 Å². The summed E-state index contributed by atoms with van der Waals surface area (Å²) in [6.07, 6.45) is 1.35. The minimum absolute atomic E-state index is 0.0738. The predicted octanol–water partition coefficient (Wildman–Crippen LogP) is 2.84. The molecule has 1 aliphatic rings. The van der Waals surface area contributed by atoms with Gasteiger partial charge in [0.2, 0.25) is 5.91 Å². The molecule has 2 rings (SSSR count). The van der Waals surface area contributed by atoms with Crippen molar-refractivity contribution in [2.24, 2.45) is 5.92 Å². The molecule has 0 saturated carbocycles. The maximum atomic E-state index is 12.2. The molecule has 1 fully saturated rings. The number of amides is 1. The van der Waals surface area contributed by atoms with Crippen molar-refractivity contribution in [2.45, 2.75) is 17.7 Å². The highest BCUT2D eigenvalue weighted by Gasteiger charge is 2.27. The largest absolute Gasteiger partial charge is 0.469 e. The van der Waals surface area contributed by atoms with Crippen LogP contribution in [0.15, 0.2) is 29.2 Å². The van der Waals surface area contributed by atoms with Gasteiger partial charge in [0.05, 0.1) is 23.8 Å². The van der Waals surface area contributed by atoms with Crippen LogP contribution in [-0.2, 0) is 14.3 Å². The lowest BCUT2D eigenvalue weighted by atomic mass is 9.97. The lowest BCUT2D eigenvalue weighted by molar-refractivity contribution is -0.148. The summed E-state index contributed by atoms with van der Waals surface area (Å²) in [5.41, 5.74) is 0. The van der Waals surface area contributed by atoms with Gasteiger partial charge in [0.25, 0.3) is 0 Å². The number of piperidine rings is 1. The fraction of sp³-hybridized carbons (Fsp3) is 0.467. The first kappa shape index (κ1) is 16.2. The third-order valence-electron chi connectivity index (χ3n) is 3.57. The van der Waals surface area contributed by atoms with Gasteiger partial charge in [-0.1, -0.05) is 23.7 Å². The number of ether oxygens (including phenoxy) is 1. The SMILES string of the molecule is COC(=O)C1CCN(C(=O)CSc2ccccc2Cl)CC1. The Morgan fingerprint density at radius 3 is 2.62 bits per heavy atom. The fourth-order valence-corrected chi connectivity index (χ4v) is 3.47. The van der Waals surface area contributed by atoms with Crippen LogP contribution in [0, 0.1) is 5.92 Å². The Morgan fingerprint density at radius 1 is 1.33 bits per heavy atom. The van der Waals surface area contributed by atoms with E-state index in [1.165, 1.54) is 18.9 Å². The zero-order valence-electron chi connectivity index (χ0n) is 11.9. The van der Waals surface area contributed by atoms with E-state index in [9.17, 15) is 9.59 Å². The summed E-state index contributed by atoms with van der Waals surface area (Å²) in [6.45, 7) is 1.23. The first-order valence-electron chi connectivity index (χ1n) is 6.84. The summed E-state index contributed by atoms with van der Waals surface area (Å²) < 4.78 is 4.74. The van der Waals surface area contributed by atoms with Crippen molar-refractivity contribution < 1.29 is 14.3 Å². The molecule has 1 amide bonds. The van der Waals surface area contributed by atoms with E-state index in [1.54, 1.807) is 0 Å². The molecule has 0 spiro atoms. The number of nitrogens with zero attached hydrogens (tertiary/aromatic N) is 1. The average Bonchev–Trinajstić information content (AvgIpc) is 2.53. The lowest BCUT2D eigenvalue weighted by Gasteiger charge is -2.30. The molecule has 0 aromatic heterocycles. The first-order chi connectivity index (χ1) is 10.1. The highest BCUT2D eigenvalue weighted by Crippen LogP contribution is 2.27. The maximum absolute atomic E-state index is 12.2. The topological polar surface area (TPSA) is 46.6 Å². The Hall–Kier alpha value is -1.20. The fourth-order valence-electron chi connectivity index (χ4n) is 2.32. The number of hydrogen-bond acceptors (Lipinski definition) is 4. The molecule has 1 aliphatic heterocycles. The Kier molecular flexibility index (Phi) is 5.94. The molecule has 1 aromatic rings. The molecule has 0 bridgehead atoms. The Morgan fingerprint density at radius 2 is 2.00 bits per heavy atom. The van der Waals surface area contributed by atoms with Crippen LogP contribution in [0.25, 0.3) is 0 Å². The zero-order chi connectivity index (χ0) is 15.2. The quantitative estimate of drug-likeness (QED) is 0.630.